The van der Waals surface area contributed by atoms with E-state index in [-0.39, 0.29) is 0 Å². The average molecular weight is 331 g/mol. The van der Waals surface area contributed by atoms with Crippen LogP contribution in [0.25, 0.3) is 0 Å². The van der Waals surface area contributed by atoms with Crippen LogP contribution in [-0.2, 0) is 16.6 Å². The number of rotatable bonds is 5. The molecule has 2 heterocycles. The number of thiophene rings is 1. The molecule has 1 unspecified atom stereocenters. The number of hydrogen-bond acceptors (Lipinski definition) is 4. The highest BCUT2D eigenvalue weighted by Crippen LogP contribution is 2.31. The second-order valence-electron chi connectivity index (χ2n) is 5.87. The molecule has 0 aromatic carbocycles. The van der Waals surface area contributed by atoms with E-state index in [0.29, 0.717) is 29.8 Å². The minimum atomic E-state index is -3.34. The van der Waals surface area contributed by atoms with Crippen LogP contribution in [0, 0.1) is 12.8 Å². The zero-order chi connectivity index (χ0) is 15.5. The van der Waals surface area contributed by atoms with Crippen molar-refractivity contribution in [3.63, 3.8) is 0 Å². The van der Waals surface area contributed by atoms with Crippen LogP contribution in [0.1, 0.15) is 49.5 Å². The molecule has 0 amide bonds. The van der Waals surface area contributed by atoms with Crippen LogP contribution in [-0.4, -0.2) is 25.8 Å². The molecule has 0 saturated carbocycles. The molecule has 21 heavy (non-hydrogen) atoms. The maximum absolute atomic E-state index is 12.8. The van der Waals surface area contributed by atoms with Crippen molar-refractivity contribution in [1.82, 2.24) is 4.31 Å². The first-order chi connectivity index (χ1) is 9.98. The van der Waals surface area contributed by atoms with Crippen LogP contribution in [0.2, 0.25) is 0 Å². The Morgan fingerprint density at radius 1 is 1.38 bits per heavy atom. The summed E-state index contributed by atoms with van der Waals surface area (Å²) in [5.74, 6) is 0.680. The van der Waals surface area contributed by atoms with E-state index in [1.807, 2.05) is 6.92 Å². The summed E-state index contributed by atoms with van der Waals surface area (Å²) < 4.78 is 27.7. The smallest absolute Gasteiger partial charge is 0.252 e. The Hall–Kier alpha value is -0.430. The van der Waals surface area contributed by atoms with Gasteiger partial charge in [-0.2, -0.15) is 4.31 Å². The monoisotopic (exact) mass is 330 g/mol. The van der Waals surface area contributed by atoms with Gasteiger partial charge in [-0.25, -0.2) is 8.42 Å². The molecule has 6 heteroatoms. The molecular weight excluding hydrogens is 304 g/mol. The number of nitrogens with two attached hydrogens (primary N) is 1. The lowest BCUT2D eigenvalue weighted by molar-refractivity contribution is 0.400. The highest BCUT2D eigenvalue weighted by atomic mass is 32.2. The van der Waals surface area contributed by atoms with Crippen molar-refractivity contribution in [1.29, 1.82) is 0 Å². The summed E-state index contributed by atoms with van der Waals surface area (Å²) in [5, 5.41) is 0. The topological polar surface area (TPSA) is 63.4 Å². The lowest BCUT2D eigenvalue weighted by atomic mass is 9.96. The molecule has 1 atom stereocenters. The van der Waals surface area contributed by atoms with Crippen molar-refractivity contribution >= 4 is 21.4 Å². The van der Waals surface area contributed by atoms with Crippen molar-refractivity contribution in [3.05, 3.63) is 16.5 Å². The first-order valence-corrected chi connectivity index (χ1v) is 10.0. The standard InChI is InChI=1S/C15H26N2O2S2/c1-3-5-13-6-4-8-17(9-7-13)21(18,19)15-10-12(2)14(11-16)20-15/h10,13H,3-9,11,16H2,1-2H3. The summed E-state index contributed by atoms with van der Waals surface area (Å²) in [6, 6.07) is 1.77. The van der Waals surface area contributed by atoms with Crippen LogP contribution in [0.4, 0.5) is 0 Å². The normalized spacial score (nSPS) is 21.4. The van der Waals surface area contributed by atoms with Gasteiger partial charge in [0.15, 0.2) is 0 Å². The largest absolute Gasteiger partial charge is 0.326 e. The first kappa shape index (κ1) is 16.9. The third kappa shape index (κ3) is 3.86. The van der Waals surface area contributed by atoms with Gasteiger partial charge in [-0.05, 0) is 43.7 Å². The number of hydrogen-bond donors (Lipinski definition) is 1. The molecule has 1 aromatic heterocycles. The van der Waals surface area contributed by atoms with Crippen molar-refractivity contribution < 1.29 is 8.42 Å². The van der Waals surface area contributed by atoms with E-state index in [9.17, 15) is 8.42 Å². The molecule has 0 radical (unpaired) electrons. The molecule has 1 aliphatic heterocycles. The molecule has 2 rings (SSSR count). The van der Waals surface area contributed by atoms with Crippen LogP contribution in [0.3, 0.4) is 0 Å². The third-order valence-corrected chi connectivity index (χ3v) is 7.89. The Labute approximate surface area is 132 Å². The van der Waals surface area contributed by atoms with E-state index in [4.69, 9.17) is 5.73 Å². The summed E-state index contributed by atoms with van der Waals surface area (Å²) >= 11 is 1.32. The van der Waals surface area contributed by atoms with Crippen LogP contribution < -0.4 is 5.73 Å². The quantitative estimate of drug-likeness (QED) is 0.902. The Bertz CT molecular complexity index is 566. The number of aryl methyl sites for hydroxylation is 1. The Kier molecular flexibility index (Phi) is 5.82. The van der Waals surface area contributed by atoms with Gasteiger partial charge in [0.2, 0.25) is 0 Å². The predicted molar refractivity (Wildman–Crippen MR) is 88.0 cm³/mol. The summed E-state index contributed by atoms with van der Waals surface area (Å²) in [6.07, 6.45) is 5.50. The molecule has 4 nitrogen and oxygen atoms in total. The van der Waals surface area contributed by atoms with E-state index >= 15 is 0 Å². The minimum Gasteiger partial charge on any atom is -0.326 e. The highest BCUT2D eigenvalue weighted by Gasteiger charge is 2.29. The van der Waals surface area contributed by atoms with Crippen molar-refractivity contribution in [2.45, 2.75) is 56.7 Å². The maximum Gasteiger partial charge on any atom is 0.252 e. The van der Waals surface area contributed by atoms with Crippen LogP contribution >= 0.6 is 11.3 Å². The number of nitrogens with zero attached hydrogens (tertiary/aromatic N) is 1. The van der Waals surface area contributed by atoms with Gasteiger partial charge in [0.1, 0.15) is 4.21 Å². The summed E-state index contributed by atoms with van der Waals surface area (Å²) in [7, 11) is -3.34. The van der Waals surface area contributed by atoms with Gasteiger partial charge in [0.25, 0.3) is 10.0 Å². The van der Waals surface area contributed by atoms with Crippen molar-refractivity contribution in [2.24, 2.45) is 11.7 Å². The predicted octanol–water partition coefficient (Wildman–Crippen LogP) is 3.11. The Balaban J connectivity index is 2.15. The maximum atomic E-state index is 12.8. The molecule has 0 aliphatic carbocycles. The fourth-order valence-corrected chi connectivity index (χ4v) is 6.14. The lowest BCUT2D eigenvalue weighted by Gasteiger charge is -2.19. The van der Waals surface area contributed by atoms with Gasteiger partial charge >= 0.3 is 0 Å². The molecule has 2 N–H and O–H groups in total. The fraction of sp³-hybridized carbons (Fsp3) is 0.733. The van der Waals surface area contributed by atoms with Crippen molar-refractivity contribution in [3.8, 4) is 0 Å². The van der Waals surface area contributed by atoms with Crippen LogP contribution in [0.15, 0.2) is 10.3 Å². The second-order valence-corrected chi connectivity index (χ2v) is 9.17. The van der Waals surface area contributed by atoms with Crippen LogP contribution in [0.5, 0.6) is 0 Å². The first-order valence-electron chi connectivity index (χ1n) is 7.78. The molecule has 0 bridgehead atoms. The van der Waals surface area contributed by atoms with E-state index in [0.717, 1.165) is 29.7 Å². The second kappa shape index (κ2) is 7.22. The molecule has 0 spiro atoms. The van der Waals surface area contributed by atoms with Gasteiger partial charge in [-0.15, -0.1) is 11.3 Å². The molecule has 1 saturated heterocycles. The lowest BCUT2D eigenvalue weighted by Crippen LogP contribution is -2.31. The van der Waals surface area contributed by atoms with E-state index in [1.165, 1.54) is 24.2 Å². The zero-order valence-electron chi connectivity index (χ0n) is 13.0. The van der Waals surface area contributed by atoms with E-state index in [2.05, 4.69) is 6.92 Å². The zero-order valence-corrected chi connectivity index (χ0v) is 14.6. The fourth-order valence-electron chi connectivity index (χ4n) is 3.02. The van der Waals surface area contributed by atoms with Gasteiger partial charge in [-0.3, -0.25) is 0 Å². The number of sulfonamides is 1. The summed E-state index contributed by atoms with van der Waals surface area (Å²) in [6.45, 7) is 5.84. The average Bonchev–Trinajstić information content (AvgIpc) is 2.68. The van der Waals surface area contributed by atoms with Gasteiger partial charge in [0, 0.05) is 24.5 Å². The summed E-state index contributed by atoms with van der Waals surface area (Å²) in [5.41, 5.74) is 6.65. The molecular formula is C15H26N2O2S2. The van der Waals surface area contributed by atoms with E-state index < -0.39 is 10.0 Å². The molecule has 1 aromatic rings. The van der Waals surface area contributed by atoms with Gasteiger partial charge < -0.3 is 5.73 Å². The molecule has 120 valence electrons. The minimum absolute atomic E-state index is 0.407. The summed E-state index contributed by atoms with van der Waals surface area (Å²) in [4.78, 5) is 0.965. The molecule has 1 fully saturated rings. The van der Waals surface area contributed by atoms with Crippen molar-refractivity contribution in [2.75, 3.05) is 13.1 Å². The Morgan fingerprint density at radius 3 is 2.76 bits per heavy atom. The Morgan fingerprint density at radius 2 is 2.14 bits per heavy atom. The highest BCUT2D eigenvalue weighted by molar-refractivity contribution is 7.91. The van der Waals surface area contributed by atoms with E-state index in [1.54, 1.807) is 10.4 Å². The SMILES string of the molecule is CCCC1CCCN(S(=O)(=O)c2cc(C)c(CN)s2)CC1. The third-order valence-electron chi connectivity index (χ3n) is 4.28. The van der Waals surface area contributed by atoms with Gasteiger partial charge in [0.05, 0.1) is 0 Å². The van der Waals surface area contributed by atoms with Gasteiger partial charge in [-0.1, -0.05) is 19.8 Å². The molecule has 1 aliphatic rings.